The Hall–Kier alpha value is -1.40. The van der Waals surface area contributed by atoms with E-state index in [-0.39, 0.29) is 10.6 Å². The molecule has 2 aromatic rings. The summed E-state index contributed by atoms with van der Waals surface area (Å²) in [6.07, 6.45) is 1.30. The topological polar surface area (TPSA) is 70.7 Å². The molecule has 0 saturated carbocycles. The number of rotatable bonds is 2. The van der Waals surface area contributed by atoms with Crippen molar-refractivity contribution in [3.05, 3.63) is 32.3 Å². The fourth-order valence-electron chi connectivity index (χ4n) is 1.10. The highest BCUT2D eigenvalue weighted by Crippen LogP contribution is 2.25. The van der Waals surface area contributed by atoms with Crippen LogP contribution in [0.4, 0.5) is 10.9 Å². The largest absolute Gasteiger partial charge is 0.315 e. The lowest BCUT2D eigenvalue weighted by Crippen LogP contribution is -2.09. The first-order valence-corrected chi connectivity index (χ1v) is 5.71. The Morgan fingerprint density at radius 1 is 1.50 bits per heavy atom. The highest BCUT2D eigenvalue weighted by molar-refractivity contribution is 7.15. The first-order valence-electron chi connectivity index (χ1n) is 4.52. The van der Waals surface area contributed by atoms with E-state index in [4.69, 9.17) is 11.6 Å². The molecule has 0 atom stereocenters. The molecule has 0 fully saturated rings. The van der Waals surface area contributed by atoms with Crippen molar-refractivity contribution in [2.45, 2.75) is 13.8 Å². The van der Waals surface area contributed by atoms with Gasteiger partial charge in [-0.15, -0.1) is 11.3 Å². The number of thiazole rings is 1. The third-order valence-electron chi connectivity index (χ3n) is 2.05. The van der Waals surface area contributed by atoms with Gasteiger partial charge < -0.3 is 10.3 Å². The molecule has 5 nitrogen and oxygen atoms in total. The highest BCUT2D eigenvalue weighted by Gasteiger charge is 2.09. The Kier molecular flexibility index (Phi) is 2.93. The Labute approximate surface area is 101 Å². The van der Waals surface area contributed by atoms with Crippen molar-refractivity contribution in [3.63, 3.8) is 0 Å². The van der Waals surface area contributed by atoms with Crippen LogP contribution in [0.3, 0.4) is 0 Å². The van der Waals surface area contributed by atoms with Crippen LogP contribution >= 0.6 is 22.9 Å². The SMILES string of the molecule is Cc1nc(Nc2nc[nH]c(=O)c2Cl)sc1C. The Morgan fingerprint density at radius 3 is 2.88 bits per heavy atom. The van der Waals surface area contributed by atoms with Crippen LogP contribution in [0.15, 0.2) is 11.1 Å². The van der Waals surface area contributed by atoms with Gasteiger partial charge in [-0.3, -0.25) is 4.79 Å². The van der Waals surface area contributed by atoms with E-state index in [0.29, 0.717) is 10.9 Å². The number of halogens is 1. The molecule has 0 saturated heterocycles. The molecule has 2 rings (SSSR count). The molecule has 0 aliphatic carbocycles. The van der Waals surface area contributed by atoms with Crippen molar-refractivity contribution >= 4 is 33.9 Å². The zero-order valence-electron chi connectivity index (χ0n) is 8.67. The summed E-state index contributed by atoms with van der Waals surface area (Å²) in [7, 11) is 0. The van der Waals surface area contributed by atoms with E-state index in [1.54, 1.807) is 0 Å². The molecule has 2 heterocycles. The number of aromatic amines is 1. The van der Waals surface area contributed by atoms with Gasteiger partial charge in [-0.2, -0.15) is 0 Å². The minimum Gasteiger partial charge on any atom is -0.315 e. The van der Waals surface area contributed by atoms with Crippen molar-refractivity contribution in [3.8, 4) is 0 Å². The van der Waals surface area contributed by atoms with E-state index in [1.165, 1.54) is 17.7 Å². The van der Waals surface area contributed by atoms with Crippen LogP contribution in [-0.4, -0.2) is 15.0 Å². The number of aromatic nitrogens is 3. The number of nitrogens with one attached hydrogen (secondary N) is 2. The van der Waals surface area contributed by atoms with Gasteiger partial charge in [-0.1, -0.05) is 11.6 Å². The van der Waals surface area contributed by atoms with E-state index in [0.717, 1.165) is 10.6 Å². The lowest BCUT2D eigenvalue weighted by Gasteiger charge is -2.01. The second kappa shape index (κ2) is 4.23. The number of hydrogen-bond donors (Lipinski definition) is 2. The maximum atomic E-state index is 11.2. The molecule has 84 valence electrons. The lowest BCUT2D eigenvalue weighted by atomic mass is 10.4. The summed E-state index contributed by atoms with van der Waals surface area (Å²) < 4.78 is 0. The molecule has 2 N–H and O–H groups in total. The fourth-order valence-corrected chi connectivity index (χ4v) is 2.06. The zero-order valence-corrected chi connectivity index (χ0v) is 10.2. The molecule has 0 unspecified atom stereocenters. The van der Waals surface area contributed by atoms with Crippen molar-refractivity contribution in [2.24, 2.45) is 0 Å². The predicted octanol–water partition coefficient (Wildman–Crippen LogP) is 2.24. The summed E-state index contributed by atoms with van der Waals surface area (Å²) >= 11 is 7.29. The average molecular weight is 257 g/mol. The molecule has 0 aromatic carbocycles. The molecule has 0 amide bonds. The quantitative estimate of drug-likeness (QED) is 0.865. The highest BCUT2D eigenvalue weighted by atomic mass is 35.5. The number of aryl methyl sites for hydroxylation is 2. The van der Waals surface area contributed by atoms with Gasteiger partial charge in [0.2, 0.25) is 0 Å². The average Bonchev–Trinajstić information content (AvgIpc) is 2.54. The number of hydrogen-bond acceptors (Lipinski definition) is 5. The normalized spacial score (nSPS) is 10.4. The molecule has 0 radical (unpaired) electrons. The smallest absolute Gasteiger partial charge is 0.271 e. The monoisotopic (exact) mass is 256 g/mol. The van der Waals surface area contributed by atoms with Crippen LogP contribution in [0.1, 0.15) is 10.6 Å². The van der Waals surface area contributed by atoms with Crippen molar-refractivity contribution in [1.29, 1.82) is 0 Å². The van der Waals surface area contributed by atoms with Crippen LogP contribution in [0.25, 0.3) is 0 Å². The summed E-state index contributed by atoms with van der Waals surface area (Å²) in [6.45, 7) is 3.90. The van der Waals surface area contributed by atoms with Gasteiger partial charge in [0.1, 0.15) is 5.02 Å². The van der Waals surface area contributed by atoms with Crippen LogP contribution in [0.2, 0.25) is 5.02 Å². The first-order chi connectivity index (χ1) is 7.58. The van der Waals surface area contributed by atoms with E-state index >= 15 is 0 Å². The van der Waals surface area contributed by atoms with Crippen LogP contribution in [0.5, 0.6) is 0 Å². The second-order valence-corrected chi connectivity index (χ2v) is 4.76. The maximum Gasteiger partial charge on any atom is 0.271 e. The van der Waals surface area contributed by atoms with Gasteiger partial charge in [0.15, 0.2) is 10.9 Å². The van der Waals surface area contributed by atoms with Crippen LogP contribution < -0.4 is 10.9 Å². The summed E-state index contributed by atoms with van der Waals surface area (Å²) in [6, 6.07) is 0. The van der Waals surface area contributed by atoms with Gasteiger partial charge in [0.25, 0.3) is 5.56 Å². The van der Waals surface area contributed by atoms with Crippen molar-refractivity contribution in [1.82, 2.24) is 15.0 Å². The Morgan fingerprint density at radius 2 is 2.25 bits per heavy atom. The van der Waals surface area contributed by atoms with E-state index in [9.17, 15) is 4.79 Å². The third-order valence-corrected chi connectivity index (χ3v) is 3.39. The van der Waals surface area contributed by atoms with Gasteiger partial charge in [0, 0.05) is 4.88 Å². The summed E-state index contributed by atoms with van der Waals surface area (Å²) in [5.74, 6) is 0.319. The van der Waals surface area contributed by atoms with E-state index in [2.05, 4.69) is 20.3 Å². The predicted molar refractivity (Wildman–Crippen MR) is 64.7 cm³/mol. The maximum absolute atomic E-state index is 11.2. The Balaban J connectivity index is 2.34. The van der Waals surface area contributed by atoms with Crippen molar-refractivity contribution < 1.29 is 0 Å². The molecule has 2 aromatic heterocycles. The van der Waals surface area contributed by atoms with E-state index in [1.807, 2.05) is 13.8 Å². The second-order valence-electron chi connectivity index (χ2n) is 3.18. The van der Waals surface area contributed by atoms with Crippen LogP contribution in [-0.2, 0) is 0 Å². The molecule has 0 spiro atoms. The molecule has 0 bridgehead atoms. The summed E-state index contributed by atoms with van der Waals surface area (Å²) in [4.78, 5) is 22.9. The van der Waals surface area contributed by atoms with E-state index < -0.39 is 0 Å². The summed E-state index contributed by atoms with van der Waals surface area (Å²) in [5.41, 5.74) is 0.581. The number of nitrogens with zero attached hydrogens (tertiary/aromatic N) is 2. The third kappa shape index (κ3) is 2.07. The fraction of sp³-hybridized carbons (Fsp3) is 0.222. The van der Waals surface area contributed by atoms with Gasteiger partial charge >= 0.3 is 0 Å². The molecule has 0 aliphatic rings. The molecule has 16 heavy (non-hydrogen) atoms. The first kappa shape index (κ1) is 11.1. The zero-order chi connectivity index (χ0) is 11.7. The molecule has 0 aliphatic heterocycles. The van der Waals surface area contributed by atoms with Crippen molar-refractivity contribution in [2.75, 3.05) is 5.32 Å². The molecule has 7 heteroatoms. The van der Waals surface area contributed by atoms with Gasteiger partial charge in [-0.05, 0) is 13.8 Å². The minimum absolute atomic E-state index is 0.0352. The number of anilines is 2. The standard InChI is InChI=1S/C9H9ClN4OS/c1-4-5(2)16-9(13-4)14-7-6(10)8(15)12-3-11-7/h3H,1-2H3,(H2,11,12,13,14,15). The molecular weight excluding hydrogens is 248 g/mol. The van der Waals surface area contributed by atoms with Gasteiger partial charge in [0.05, 0.1) is 12.0 Å². The lowest BCUT2D eigenvalue weighted by molar-refractivity contribution is 1.11. The molecular formula is C9H9ClN4OS. The Bertz CT molecular complexity index is 558. The number of H-pyrrole nitrogens is 1. The minimum atomic E-state index is -0.371. The van der Waals surface area contributed by atoms with Crippen LogP contribution in [0, 0.1) is 13.8 Å². The summed E-state index contributed by atoms with van der Waals surface area (Å²) in [5, 5.41) is 3.63. The van der Waals surface area contributed by atoms with Gasteiger partial charge in [-0.25, -0.2) is 9.97 Å².